The predicted molar refractivity (Wildman–Crippen MR) is 64.1 cm³/mol. The summed E-state index contributed by atoms with van der Waals surface area (Å²) in [6, 6.07) is 0. The lowest BCUT2D eigenvalue weighted by Crippen LogP contribution is -2.25. The van der Waals surface area contributed by atoms with Crippen molar-refractivity contribution in [3.63, 3.8) is 0 Å². The summed E-state index contributed by atoms with van der Waals surface area (Å²) >= 11 is 0. The van der Waals surface area contributed by atoms with E-state index < -0.39 is 10.0 Å². The van der Waals surface area contributed by atoms with Crippen LogP contribution >= 0.6 is 10.0 Å². The summed E-state index contributed by atoms with van der Waals surface area (Å²) in [5.41, 5.74) is 0. The van der Waals surface area contributed by atoms with Crippen LogP contribution < -0.4 is 0 Å². The minimum atomic E-state index is -0.879. The maximum atomic E-state index is 9.06. The van der Waals surface area contributed by atoms with Crippen LogP contribution in [0.1, 0.15) is 6.42 Å². The van der Waals surface area contributed by atoms with Crippen molar-refractivity contribution in [3.8, 4) is 0 Å². The highest BCUT2D eigenvalue weighted by atomic mass is 32.3. The van der Waals surface area contributed by atoms with Gasteiger partial charge in [-0.2, -0.15) is 0 Å². The number of hydrogen-bond acceptors (Lipinski definition) is 2. The third kappa shape index (κ3) is 2.87. The lowest BCUT2D eigenvalue weighted by Gasteiger charge is -2.41. The topological polar surface area (TPSA) is 40.5 Å². The molecule has 1 atom stereocenters. The van der Waals surface area contributed by atoms with Crippen molar-refractivity contribution in [3.05, 3.63) is 24.3 Å². The molecule has 0 radical (unpaired) electrons. The maximum absolute atomic E-state index is 9.06. The van der Waals surface area contributed by atoms with E-state index in [1.807, 2.05) is 0 Å². The first-order chi connectivity index (χ1) is 6.73. The number of aliphatic hydroxyl groups excluding tert-OH is 2. The van der Waals surface area contributed by atoms with Crippen LogP contribution in [0.25, 0.3) is 0 Å². The van der Waals surface area contributed by atoms with Gasteiger partial charge in [0.15, 0.2) is 0 Å². The molecule has 0 aromatic rings. The van der Waals surface area contributed by atoms with E-state index in [0.717, 1.165) is 17.9 Å². The van der Waals surface area contributed by atoms with Gasteiger partial charge in [-0.3, -0.25) is 0 Å². The minimum absolute atomic E-state index is 0.236. The van der Waals surface area contributed by atoms with E-state index in [9.17, 15) is 0 Å². The average molecular weight is 216 g/mol. The molecule has 0 saturated heterocycles. The van der Waals surface area contributed by atoms with Gasteiger partial charge in [0.2, 0.25) is 0 Å². The molecular weight excluding hydrogens is 196 g/mol. The van der Waals surface area contributed by atoms with Gasteiger partial charge in [0.1, 0.15) is 0 Å². The monoisotopic (exact) mass is 216 g/mol. The van der Waals surface area contributed by atoms with E-state index in [1.165, 1.54) is 0 Å². The minimum Gasteiger partial charge on any atom is -0.396 e. The first kappa shape index (κ1) is 11.8. The summed E-state index contributed by atoms with van der Waals surface area (Å²) in [5.74, 6) is 1.69. The van der Waals surface area contributed by atoms with Gasteiger partial charge >= 0.3 is 0 Å². The third-order valence-electron chi connectivity index (χ3n) is 2.79. The van der Waals surface area contributed by atoms with Crippen molar-refractivity contribution in [2.45, 2.75) is 11.7 Å². The summed E-state index contributed by atoms with van der Waals surface area (Å²) in [6.45, 7) is 0.472. The van der Waals surface area contributed by atoms with Crippen molar-refractivity contribution in [1.82, 2.24) is 0 Å². The van der Waals surface area contributed by atoms with Gasteiger partial charge in [0, 0.05) is 16.8 Å². The summed E-state index contributed by atoms with van der Waals surface area (Å²) < 4.78 is 0. The molecule has 1 rings (SSSR count). The second-order valence-corrected chi connectivity index (χ2v) is 7.92. The molecule has 0 spiro atoms. The first-order valence-electron chi connectivity index (χ1n) is 5.00. The molecule has 0 aromatic heterocycles. The molecule has 1 aliphatic carbocycles. The molecule has 0 saturated carbocycles. The Morgan fingerprint density at radius 3 is 2.29 bits per heavy atom. The molecule has 0 aromatic carbocycles. The van der Waals surface area contributed by atoms with E-state index in [-0.39, 0.29) is 13.2 Å². The zero-order valence-corrected chi connectivity index (χ0v) is 9.54. The van der Waals surface area contributed by atoms with E-state index in [0.29, 0.717) is 5.25 Å². The third-order valence-corrected chi connectivity index (χ3v) is 6.83. The van der Waals surface area contributed by atoms with Gasteiger partial charge in [0.05, 0.1) is 13.2 Å². The molecular formula is C11H20O2S. The van der Waals surface area contributed by atoms with Crippen molar-refractivity contribution in [1.29, 1.82) is 0 Å². The zero-order valence-electron chi connectivity index (χ0n) is 8.72. The number of hydrogen-bond donors (Lipinski definition) is 2. The number of aliphatic hydroxyl groups is 2. The number of allylic oxidation sites excluding steroid dienone is 3. The van der Waals surface area contributed by atoms with Gasteiger partial charge in [-0.05, 0) is 12.7 Å². The van der Waals surface area contributed by atoms with Gasteiger partial charge in [0.25, 0.3) is 0 Å². The normalized spacial score (nSPS) is 22.6. The van der Waals surface area contributed by atoms with E-state index in [4.69, 9.17) is 10.2 Å². The molecule has 82 valence electrons. The Morgan fingerprint density at radius 2 is 1.86 bits per heavy atom. The highest BCUT2D eigenvalue weighted by Gasteiger charge is 2.25. The fourth-order valence-electron chi connectivity index (χ4n) is 1.80. The van der Waals surface area contributed by atoms with Gasteiger partial charge < -0.3 is 10.2 Å². The Balaban J connectivity index is 2.65. The van der Waals surface area contributed by atoms with Crippen LogP contribution in [0.4, 0.5) is 0 Å². The SMILES string of the molecule is CS(CCO)(CCO)C1C=CC=CC1. The molecule has 0 fully saturated rings. The molecule has 2 nitrogen and oxygen atoms in total. The highest BCUT2D eigenvalue weighted by molar-refractivity contribution is 8.33. The van der Waals surface area contributed by atoms with Gasteiger partial charge in [-0.25, -0.2) is 10.0 Å². The standard InChI is InChI=1S/C11H20O2S/c1-14(9-7-12,10-8-13)11-5-3-2-4-6-11/h2-5,11-13H,6-10H2,1H3. The summed E-state index contributed by atoms with van der Waals surface area (Å²) in [4.78, 5) is 0. The van der Waals surface area contributed by atoms with Gasteiger partial charge in [-0.15, -0.1) is 0 Å². The van der Waals surface area contributed by atoms with Crippen molar-refractivity contribution in [2.24, 2.45) is 0 Å². The first-order valence-corrected chi connectivity index (χ1v) is 7.45. The molecule has 0 aliphatic heterocycles. The van der Waals surface area contributed by atoms with Crippen LogP contribution in [0, 0.1) is 0 Å². The number of rotatable bonds is 5. The second kappa shape index (κ2) is 5.59. The van der Waals surface area contributed by atoms with Crippen LogP contribution in [-0.2, 0) is 0 Å². The molecule has 0 bridgehead atoms. The van der Waals surface area contributed by atoms with Crippen LogP contribution in [-0.4, -0.2) is 46.4 Å². The van der Waals surface area contributed by atoms with Crippen molar-refractivity contribution >= 4 is 10.0 Å². The predicted octanol–water partition coefficient (Wildman–Crippen LogP) is 1.29. The Kier molecular flexibility index (Phi) is 4.72. The smallest absolute Gasteiger partial charge is 0.0507 e. The van der Waals surface area contributed by atoms with Crippen LogP contribution in [0.2, 0.25) is 0 Å². The lowest BCUT2D eigenvalue weighted by molar-refractivity contribution is 0.316. The molecule has 1 unspecified atom stereocenters. The lowest BCUT2D eigenvalue weighted by atomic mass is 10.2. The van der Waals surface area contributed by atoms with Gasteiger partial charge in [-0.1, -0.05) is 24.3 Å². The van der Waals surface area contributed by atoms with Crippen LogP contribution in [0.3, 0.4) is 0 Å². The fraction of sp³-hybridized carbons (Fsp3) is 0.636. The largest absolute Gasteiger partial charge is 0.396 e. The van der Waals surface area contributed by atoms with Crippen molar-refractivity contribution < 1.29 is 10.2 Å². The molecule has 0 amide bonds. The van der Waals surface area contributed by atoms with Crippen molar-refractivity contribution in [2.75, 3.05) is 31.0 Å². The average Bonchev–Trinajstić information content (AvgIpc) is 2.20. The summed E-state index contributed by atoms with van der Waals surface area (Å²) in [6.07, 6.45) is 11.8. The quantitative estimate of drug-likeness (QED) is 0.727. The van der Waals surface area contributed by atoms with E-state index >= 15 is 0 Å². The Morgan fingerprint density at radius 1 is 1.21 bits per heavy atom. The molecule has 0 heterocycles. The zero-order chi connectivity index (χ0) is 10.4. The summed E-state index contributed by atoms with van der Waals surface area (Å²) in [7, 11) is -0.879. The maximum Gasteiger partial charge on any atom is 0.0507 e. The molecule has 1 aliphatic rings. The van der Waals surface area contributed by atoms with E-state index in [1.54, 1.807) is 0 Å². The second-order valence-electron chi connectivity index (χ2n) is 3.79. The molecule has 2 N–H and O–H groups in total. The summed E-state index contributed by atoms with van der Waals surface area (Å²) in [5, 5.41) is 18.6. The van der Waals surface area contributed by atoms with Crippen LogP contribution in [0.5, 0.6) is 0 Å². The molecule has 3 heteroatoms. The highest BCUT2D eigenvalue weighted by Crippen LogP contribution is 2.50. The Bertz CT molecular complexity index is 217. The van der Waals surface area contributed by atoms with Crippen LogP contribution in [0.15, 0.2) is 24.3 Å². The molecule has 14 heavy (non-hydrogen) atoms. The Labute approximate surface area is 87.7 Å². The Hall–Kier alpha value is -0.250. The van der Waals surface area contributed by atoms with E-state index in [2.05, 4.69) is 30.6 Å². The fourth-order valence-corrected chi connectivity index (χ4v) is 4.49.